The molecule has 3 aromatic carbocycles. The second-order valence-electron chi connectivity index (χ2n) is 7.00. The number of hydrogen-bond acceptors (Lipinski definition) is 4. The van der Waals surface area contributed by atoms with Gasteiger partial charge in [0.2, 0.25) is 5.82 Å². The van der Waals surface area contributed by atoms with Crippen molar-refractivity contribution in [1.82, 2.24) is 0 Å². The summed E-state index contributed by atoms with van der Waals surface area (Å²) >= 11 is 0. The second-order valence-corrected chi connectivity index (χ2v) is 7.00. The first-order valence-corrected chi connectivity index (χ1v) is 9.52. The van der Waals surface area contributed by atoms with Crippen LogP contribution in [0.25, 0.3) is 0 Å². The first-order valence-electron chi connectivity index (χ1n) is 9.52. The summed E-state index contributed by atoms with van der Waals surface area (Å²) in [6.45, 7) is 0. The molecule has 1 heterocycles. The van der Waals surface area contributed by atoms with Gasteiger partial charge in [0.1, 0.15) is 17.2 Å². The van der Waals surface area contributed by atoms with E-state index in [-0.39, 0.29) is 6.42 Å². The molecule has 0 radical (unpaired) electrons. The largest absolute Gasteiger partial charge is 0.497 e. The van der Waals surface area contributed by atoms with Crippen LogP contribution in [0.2, 0.25) is 0 Å². The van der Waals surface area contributed by atoms with Gasteiger partial charge in [-0.2, -0.15) is 5.10 Å². The van der Waals surface area contributed by atoms with E-state index in [0.29, 0.717) is 28.3 Å². The third-order valence-corrected chi connectivity index (χ3v) is 5.23. The Bertz CT molecular complexity index is 1170. The fourth-order valence-corrected chi connectivity index (χ4v) is 3.65. The maximum atomic E-state index is 14.7. The van der Waals surface area contributed by atoms with Crippen LogP contribution in [-0.4, -0.2) is 19.9 Å². The molecule has 0 saturated carbocycles. The van der Waals surface area contributed by atoms with Gasteiger partial charge in [-0.05, 0) is 17.7 Å². The fourth-order valence-electron chi connectivity index (χ4n) is 3.65. The van der Waals surface area contributed by atoms with Crippen LogP contribution in [0, 0.1) is 29.1 Å². The summed E-state index contributed by atoms with van der Waals surface area (Å²) in [5.41, 5.74) is 0.371. The van der Waals surface area contributed by atoms with E-state index < -0.39 is 40.8 Å². The fraction of sp³-hybridized carbons (Fsp3) is 0.174. The molecular formula is C23H17F5N2O2. The van der Waals surface area contributed by atoms with Crippen molar-refractivity contribution in [3.8, 4) is 11.5 Å². The summed E-state index contributed by atoms with van der Waals surface area (Å²) < 4.78 is 81.5. The van der Waals surface area contributed by atoms with Crippen LogP contribution >= 0.6 is 0 Å². The van der Waals surface area contributed by atoms with Gasteiger partial charge in [0.15, 0.2) is 23.3 Å². The Balaban J connectivity index is 1.92. The van der Waals surface area contributed by atoms with Gasteiger partial charge in [-0.25, -0.2) is 22.0 Å². The molecule has 166 valence electrons. The van der Waals surface area contributed by atoms with Crippen molar-refractivity contribution >= 4 is 11.4 Å². The van der Waals surface area contributed by atoms with E-state index in [2.05, 4.69) is 5.10 Å². The van der Waals surface area contributed by atoms with Crippen LogP contribution < -0.4 is 14.5 Å². The highest BCUT2D eigenvalue weighted by Gasteiger charge is 2.38. The van der Waals surface area contributed by atoms with Crippen LogP contribution in [0.4, 0.5) is 27.6 Å². The maximum absolute atomic E-state index is 14.7. The maximum Gasteiger partial charge on any atom is 0.200 e. The van der Waals surface area contributed by atoms with E-state index in [4.69, 9.17) is 9.47 Å². The van der Waals surface area contributed by atoms with Gasteiger partial charge in [0.05, 0.1) is 26.0 Å². The van der Waals surface area contributed by atoms with E-state index in [9.17, 15) is 22.0 Å². The van der Waals surface area contributed by atoms with Crippen molar-refractivity contribution < 1.29 is 31.4 Å². The highest BCUT2D eigenvalue weighted by Crippen LogP contribution is 2.44. The van der Waals surface area contributed by atoms with Crippen molar-refractivity contribution in [2.75, 3.05) is 19.2 Å². The molecule has 1 aliphatic heterocycles. The standard InChI is InChI=1S/C23H17F5N2O2/c1-31-13-8-9-14(17(10-13)32-2)16-11-15(12-6-4-3-5-7-12)29-30(16)23-21(27)19(25)18(24)20(26)22(23)28/h3-10,16H,11H2,1-2H3. The van der Waals surface area contributed by atoms with Gasteiger partial charge in [-0.15, -0.1) is 0 Å². The lowest BCUT2D eigenvalue weighted by molar-refractivity contribution is 0.375. The Hall–Kier alpha value is -3.62. The van der Waals surface area contributed by atoms with Crippen LogP contribution in [0.3, 0.4) is 0 Å². The van der Waals surface area contributed by atoms with Crippen molar-refractivity contribution in [1.29, 1.82) is 0 Å². The highest BCUT2D eigenvalue weighted by molar-refractivity contribution is 6.03. The molecule has 1 atom stereocenters. The van der Waals surface area contributed by atoms with Crippen molar-refractivity contribution in [2.24, 2.45) is 5.10 Å². The molecule has 0 saturated heterocycles. The average Bonchev–Trinajstić information content (AvgIpc) is 3.26. The number of nitrogens with zero attached hydrogens (tertiary/aromatic N) is 2. The van der Waals surface area contributed by atoms with E-state index >= 15 is 0 Å². The van der Waals surface area contributed by atoms with E-state index in [1.165, 1.54) is 14.2 Å². The van der Waals surface area contributed by atoms with Crippen molar-refractivity contribution in [2.45, 2.75) is 12.5 Å². The molecule has 0 aliphatic carbocycles. The molecule has 0 bridgehead atoms. The molecule has 1 aliphatic rings. The lowest BCUT2D eigenvalue weighted by Crippen LogP contribution is -2.23. The quantitative estimate of drug-likeness (QED) is 0.283. The number of anilines is 1. The van der Waals surface area contributed by atoms with Crippen LogP contribution in [-0.2, 0) is 0 Å². The van der Waals surface area contributed by atoms with E-state index in [1.54, 1.807) is 48.5 Å². The zero-order valence-corrected chi connectivity index (χ0v) is 17.0. The Morgan fingerprint density at radius 2 is 1.44 bits per heavy atom. The Morgan fingerprint density at radius 3 is 2.03 bits per heavy atom. The molecule has 0 fully saturated rings. The molecule has 0 N–H and O–H groups in total. The highest BCUT2D eigenvalue weighted by atomic mass is 19.2. The lowest BCUT2D eigenvalue weighted by Gasteiger charge is -2.26. The molecule has 1 unspecified atom stereocenters. The average molecular weight is 448 g/mol. The monoisotopic (exact) mass is 448 g/mol. The SMILES string of the molecule is COc1ccc(C2CC(c3ccccc3)=NN2c2c(F)c(F)c(F)c(F)c2F)c(OC)c1. The van der Waals surface area contributed by atoms with Gasteiger partial charge in [-0.1, -0.05) is 30.3 Å². The van der Waals surface area contributed by atoms with Crippen molar-refractivity contribution in [3.63, 3.8) is 0 Å². The molecule has 0 spiro atoms. The first-order chi connectivity index (χ1) is 15.4. The minimum atomic E-state index is -2.23. The summed E-state index contributed by atoms with van der Waals surface area (Å²) in [6.07, 6.45) is 0.131. The van der Waals surface area contributed by atoms with Crippen molar-refractivity contribution in [3.05, 3.63) is 88.7 Å². The normalized spacial score (nSPS) is 15.7. The smallest absolute Gasteiger partial charge is 0.200 e. The Morgan fingerprint density at radius 1 is 0.812 bits per heavy atom. The Labute approximate surface area is 180 Å². The third-order valence-electron chi connectivity index (χ3n) is 5.23. The number of halogens is 5. The number of ether oxygens (including phenoxy) is 2. The predicted octanol–water partition coefficient (Wildman–Crippen LogP) is 5.76. The molecule has 9 heteroatoms. The van der Waals surface area contributed by atoms with Gasteiger partial charge in [0, 0.05) is 18.1 Å². The van der Waals surface area contributed by atoms with E-state index in [0.717, 1.165) is 5.01 Å². The summed E-state index contributed by atoms with van der Waals surface area (Å²) in [6, 6.07) is 12.6. The molecular weight excluding hydrogens is 431 g/mol. The first kappa shape index (κ1) is 21.6. The van der Waals surface area contributed by atoms with E-state index in [1.807, 2.05) is 0 Å². The van der Waals surface area contributed by atoms with Gasteiger partial charge >= 0.3 is 0 Å². The molecule has 0 aromatic heterocycles. The zero-order valence-electron chi connectivity index (χ0n) is 17.0. The number of rotatable bonds is 5. The summed E-state index contributed by atoms with van der Waals surface area (Å²) in [5, 5.41) is 5.09. The van der Waals surface area contributed by atoms with Crippen LogP contribution in [0.15, 0.2) is 53.6 Å². The Kier molecular flexibility index (Phi) is 5.73. The number of benzene rings is 3. The molecule has 32 heavy (non-hydrogen) atoms. The van der Waals surface area contributed by atoms with Crippen LogP contribution in [0.5, 0.6) is 11.5 Å². The predicted molar refractivity (Wildman–Crippen MR) is 109 cm³/mol. The zero-order chi connectivity index (χ0) is 23.0. The third kappa shape index (κ3) is 3.53. The molecule has 0 amide bonds. The number of hydrazone groups is 1. The summed E-state index contributed by atoms with van der Waals surface area (Å²) in [7, 11) is 2.86. The molecule has 3 aromatic rings. The topological polar surface area (TPSA) is 34.1 Å². The van der Waals surface area contributed by atoms with Gasteiger partial charge < -0.3 is 9.47 Å². The molecule has 4 rings (SSSR count). The molecule has 4 nitrogen and oxygen atoms in total. The number of methoxy groups -OCH3 is 2. The van der Waals surface area contributed by atoms with Gasteiger partial charge in [-0.3, -0.25) is 5.01 Å². The van der Waals surface area contributed by atoms with Crippen LogP contribution in [0.1, 0.15) is 23.6 Å². The summed E-state index contributed by atoms with van der Waals surface area (Å²) in [5.74, 6) is -9.45. The number of hydrogen-bond donors (Lipinski definition) is 0. The minimum Gasteiger partial charge on any atom is -0.497 e. The second kappa shape index (κ2) is 8.49. The van der Waals surface area contributed by atoms with Gasteiger partial charge in [0.25, 0.3) is 0 Å². The minimum absolute atomic E-state index is 0.131. The lowest BCUT2D eigenvalue weighted by atomic mass is 9.97. The summed E-state index contributed by atoms with van der Waals surface area (Å²) in [4.78, 5) is 0.